The molecule has 3 rings (SSSR count). The molecule has 130 valence electrons. The smallest absolute Gasteiger partial charge is 0.269 e. The van der Waals surface area contributed by atoms with Gasteiger partial charge in [0.2, 0.25) is 11.5 Å². The van der Waals surface area contributed by atoms with Gasteiger partial charge in [-0.1, -0.05) is 12.1 Å². The number of nitrogens with two attached hydrogens (primary N) is 1. The van der Waals surface area contributed by atoms with Crippen molar-refractivity contribution in [1.29, 1.82) is 0 Å². The molecule has 25 heavy (non-hydrogen) atoms. The first-order chi connectivity index (χ1) is 11.8. The van der Waals surface area contributed by atoms with Crippen molar-refractivity contribution in [3.8, 4) is 0 Å². The Kier molecular flexibility index (Phi) is 4.00. The molecule has 2 aromatic carbocycles. The van der Waals surface area contributed by atoms with E-state index >= 15 is 0 Å². The Bertz CT molecular complexity index is 870. The zero-order valence-corrected chi connectivity index (χ0v) is 13.1. The fraction of sp³-hybridized carbons (Fsp3) is 0.176. The standard InChI is InChI=1S/C17H13F3N2O3/c1-25-17(9-2-4-10(18)5-3-9)14-12(7-6-11(19)15(14)20)22(16(17)24)8-13(21)23/h2-7H,8H2,1H3,(H2,21,23)/t17-/m1/s1. The predicted molar refractivity (Wildman–Crippen MR) is 82.1 cm³/mol. The number of carbonyl (C=O) groups excluding carboxylic acids is 2. The molecule has 1 heterocycles. The van der Waals surface area contributed by atoms with Crippen molar-refractivity contribution in [1.82, 2.24) is 0 Å². The number of amides is 2. The van der Waals surface area contributed by atoms with E-state index in [4.69, 9.17) is 10.5 Å². The number of primary amides is 1. The maximum absolute atomic E-state index is 14.6. The zero-order chi connectivity index (χ0) is 18.4. The van der Waals surface area contributed by atoms with E-state index in [1.165, 1.54) is 18.2 Å². The summed E-state index contributed by atoms with van der Waals surface area (Å²) in [6.45, 7) is -0.538. The average molecular weight is 350 g/mol. The summed E-state index contributed by atoms with van der Waals surface area (Å²) < 4.78 is 47.0. The highest BCUT2D eigenvalue weighted by atomic mass is 19.2. The summed E-state index contributed by atoms with van der Waals surface area (Å²) >= 11 is 0. The van der Waals surface area contributed by atoms with Gasteiger partial charge in [-0.2, -0.15) is 0 Å². The van der Waals surface area contributed by atoms with E-state index in [9.17, 15) is 22.8 Å². The minimum absolute atomic E-state index is 0.0334. The summed E-state index contributed by atoms with van der Waals surface area (Å²) in [5.74, 6) is -4.70. The van der Waals surface area contributed by atoms with E-state index in [0.717, 1.165) is 30.2 Å². The third-order valence-corrected chi connectivity index (χ3v) is 4.13. The third-order valence-electron chi connectivity index (χ3n) is 4.13. The van der Waals surface area contributed by atoms with Crippen LogP contribution in [0.1, 0.15) is 11.1 Å². The quantitative estimate of drug-likeness (QED) is 0.914. The van der Waals surface area contributed by atoms with Gasteiger partial charge in [0.05, 0.1) is 11.3 Å². The first kappa shape index (κ1) is 17.0. The number of carbonyl (C=O) groups is 2. The van der Waals surface area contributed by atoms with E-state index in [-0.39, 0.29) is 16.8 Å². The van der Waals surface area contributed by atoms with Crippen molar-refractivity contribution in [2.24, 2.45) is 5.73 Å². The normalized spacial score (nSPS) is 19.2. The molecule has 1 aliphatic heterocycles. The molecular formula is C17H13F3N2O3. The topological polar surface area (TPSA) is 72.6 Å². The van der Waals surface area contributed by atoms with Crippen molar-refractivity contribution < 1.29 is 27.5 Å². The highest BCUT2D eigenvalue weighted by molar-refractivity contribution is 6.11. The number of ether oxygens (including phenoxy) is 1. The molecule has 0 radical (unpaired) electrons. The first-order valence-corrected chi connectivity index (χ1v) is 7.23. The molecule has 0 aliphatic carbocycles. The molecule has 0 unspecified atom stereocenters. The summed E-state index contributed by atoms with van der Waals surface area (Å²) in [7, 11) is 1.14. The Labute approximate surface area is 140 Å². The number of nitrogens with zero attached hydrogens (tertiary/aromatic N) is 1. The molecule has 0 saturated carbocycles. The lowest BCUT2D eigenvalue weighted by atomic mass is 9.86. The van der Waals surface area contributed by atoms with Gasteiger partial charge in [-0.3, -0.25) is 14.5 Å². The van der Waals surface area contributed by atoms with Crippen LogP contribution >= 0.6 is 0 Å². The van der Waals surface area contributed by atoms with Gasteiger partial charge in [0.15, 0.2) is 11.6 Å². The SMILES string of the molecule is CO[C@@]1(c2ccc(F)cc2)C(=O)N(CC(N)=O)c2ccc(F)c(F)c21. The van der Waals surface area contributed by atoms with Crippen LogP contribution in [0.5, 0.6) is 0 Å². The lowest BCUT2D eigenvalue weighted by molar-refractivity contribution is -0.136. The van der Waals surface area contributed by atoms with E-state index in [0.29, 0.717) is 0 Å². The second-order valence-electron chi connectivity index (χ2n) is 5.51. The summed E-state index contributed by atoms with van der Waals surface area (Å²) in [6.07, 6.45) is 0. The largest absolute Gasteiger partial charge is 0.368 e. The summed E-state index contributed by atoms with van der Waals surface area (Å²) in [5.41, 5.74) is 2.79. The fourth-order valence-corrected chi connectivity index (χ4v) is 3.08. The molecule has 0 spiro atoms. The Balaban J connectivity index is 2.33. The molecule has 5 nitrogen and oxygen atoms in total. The van der Waals surface area contributed by atoms with Crippen LogP contribution in [0.4, 0.5) is 18.9 Å². The zero-order valence-electron chi connectivity index (χ0n) is 13.1. The van der Waals surface area contributed by atoms with Crippen molar-refractivity contribution in [3.63, 3.8) is 0 Å². The highest BCUT2D eigenvalue weighted by Crippen LogP contribution is 2.48. The minimum atomic E-state index is -2.05. The van der Waals surface area contributed by atoms with Gasteiger partial charge in [0, 0.05) is 7.11 Å². The van der Waals surface area contributed by atoms with Gasteiger partial charge >= 0.3 is 0 Å². The number of hydrogen-bond donors (Lipinski definition) is 1. The Morgan fingerprint density at radius 2 is 1.80 bits per heavy atom. The maximum Gasteiger partial charge on any atom is 0.269 e. The second kappa shape index (κ2) is 5.89. The maximum atomic E-state index is 14.6. The van der Waals surface area contributed by atoms with Gasteiger partial charge < -0.3 is 10.5 Å². The number of benzene rings is 2. The molecule has 2 N–H and O–H groups in total. The lowest BCUT2D eigenvalue weighted by Crippen LogP contribution is -2.45. The van der Waals surface area contributed by atoms with Crippen LogP contribution < -0.4 is 10.6 Å². The average Bonchev–Trinajstić information content (AvgIpc) is 2.81. The molecule has 0 bridgehead atoms. The number of methoxy groups -OCH3 is 1. The van der Waals surface area contributed by atoms with Crippen molar-refractivity contribution >= 4 is 17.5 Å². The number of anilines is 1. The van der Waals surface area contributed by atoms with Gasteiger partial charge in [-0.15, -0.1) is 0 Å². The summed E-state index contributed by atoms with van der Waals surface area (Å²) in [4.78, 5) is 25.2. The highest BCUT2D eigenvalue weighted by Gasteiger charge is 2.55. The van der Waals surface area contributed by atoms with Crippen molar-refractivity contribution in [3.05, 3.63) is 65.0 Å². The molecule has 2 amide bonds. The number of halogens is 3. The Morgan fingerprint density at radius 1 is 1.16 bits per heavy atom. The van der Waals surface area contributed by atoms with E-state index in [1.54, 1.807) is 0 Å². The van der Waals surface area contributed by atoms with Crippen molar-refractivity contribution in [2.45, 2.75) is 5.60 Å². The monoisotopic (exact) mass is 350 g/mol. The predicted octanol–water partition coefficient (Wildman–Crippen LogP) is 1.83. The molecule has 1 aliphatic rings. The molecule has 2 aromatic rings. The summed E-state index contributed by atoms with van der Waals surface area (Å²) in [6, 6.07) is 6.61. The first-order valence-electron chi connectivity index (χ1n) is 7.23. The van der Waals surface area contributed by atoms with Crippen LogP contribution in [0.15, 0.2) is 36.4 Å². The van der Waals surface area contributed by atoms with Crippen LogP contribution in [-0.2, 0) is 19.9 Å². The molecule has 0 aromatic heterocycles. The third kappa shape index (κ3) is 2.37. The van der Waals surface area contributed by atoms with E-state index in [1.807, 2.05) is 0 Å². The molecule has 0 fully saturated rings. The molecule has 0 saturated heterocycles. The Morgan fingerprint density at radius 3 is 2.36 bits per heavy atom. The van der Waals surface area contributed by atoms with Crippen LogP contribution in [0.2, 0.25) is 0 Å². The van der Waals surface area contributed by atoms with E-state index < -0.39 is 41.4 Å². The van der Waals surface area contributed by atoms with Crippen LogP contribution in [0.25, 0.3) is 0 Å². The lowest BCUT2D eigenvalue weighted by Gasteiger charge is -2.28. The summed E-state index contributed by atoms with van der Waals surface area (Å²) in [5, 5.41) is 0. The molecular weight excluding hydrogens is 337 g/mol. The van der Waals surface area contributed by atoms with E-state index in [2.05, 4.69) is 0 Å². The fourth-order valence-electron chi connectivity index (χ4n) is 3.08. The van der Waals surface area contributed by atoms with Gasteiger partial charge in [0.1, 0.15) is 12.4 Å². The van der Waals surface area contributed by atoms with Crippen LogP contribution in [-0.4, -0.2) is 25.5 Å². The van der Waals surface area contributed by atoms with Gasteiger partial charge in [-0.25, -0.2) is 13.2 Å². The van der Waals surface area contributed by atoms with Crippen LogP contribution in [0, 0.1) is 17.5 Å². The number of hydrogen-bond acceptors (Lipinski definition) is 3. The number of fused-ring (bicyclic) bond motifs is 1. The second-order valence-corrected chi connectivity index (χ2v) is 5.51. The minimum Gasteiger partial charge on any atom is -0.368 e. The van der Waals surface area contributed by atoms with Gasteiger partial charge in [0.25, 0.3) is 5.91 Å². The van der Waals surface area contributed by atoms with Crippen molar-refractivity contribution in [2.75, 3.05) is 18.6 Å². The number of rotatable bonds is 4. The molecule has 1 atom stereocenters. The van der Waals surface area contributed by atoms with Gasteiger partial charge in [-0.05, 0) is 29.8 Å². The van der Waals surface area contributed by atoms with Crippen LogP contribution in [0.3, 0.4) is 0 Å². The molecule has 8 heteroatoms. The Hall–Kier alpha value is -2.87.